The average Bonchev–Trinajstić information content (AvgIpc) is 2.76. The SMILES string of the molecule is CN1CC(N)CCC1c1cn2c(n1)SCC2. The Morgan fingerprint density at radius 3 is 3.12 bits per heavy atom. The zero-order valence-electron chi connectivity index (χ0n) is 9.59. The summed E-state index contributed by atoms with van der Waals surface area (Å²) in [6.07, 6.45) is 4.48. The first-order valence-electron chi connectivity index (χ1n) is 5.90. The Morgan fingerprint density at radius 1 is 1.50 bits per heavy atom. The van der Waals surface area contributed by atoms with Crippen molar-refractivity contribution in [2.24, 2.45) is 5.73 Å². The smallest absolute Gasteiger partial charge is 0.168 e. The minimum absolute atomic E-state index is 0.338. The molecule has 0 amide bonds. The molecule has 1 fully saturated rings. The van der Waals surface area contributed by atoms with Crippen molar-refractivity contribution in [1.29, 1.82) is 0 Å². The van der Waals surface area contributed by atoms with E-state index in [2.05, 4.69) is 22.7 Å². The number of likely N-dealkylation sites (N-methyl/N-ethyl adjacent to an activating group) is 1. The molecule has 0 aromatic carbocycles. The van der Waals surface area contributed by atoms with Gasteiger partial charge >= 0.3 is 0 Å². The molecule has 0 saturated carbocycles. The Bertz CT molecular complexity index is 368. The highest BCUT2D eigenvalue weighted by molar-refractivity contribution is 7.99. The number of hydrogen-bond donors (Lipinski definition) is 1. The third kappa shape index (κ3) is 1.77. The first-order valence-corrected chi connectivity index (χ1v) is 6.88. The van der Waals surface area contributed by atoms with E-state index in [0.717, 1.165) is 25.9 Å². The van der Waals surface area contributed by atoms with E-state index in [9.17, 15) is 0 Å². The molecular formula is C11H18N4S. The van der Waals surface area contributed by atoms with Gasteiger partial charge in [-0.1, -0.05) is 11.8 Å². The molecule has 1 aromatic heterocycles. The summed E-state index contributed by atoms with van der Waals surface area (Å²) in [6, 6.07) is 0.809. The van der Waals surface area contributed by atoms with Crippen LogP contribution in [0.25, 0.3) is 0 Å². The minimum Gasteiger partial charge on any atom is -0.327 e. The fraction of sp³-hybridized carbons (Fsp3) is 0.727. The third-order valence-corrected chi connectivity index (χ3v) is 4.50. The normalized spacial score (nSPS) is 30.6. The van der Waals surface area contributed by atoms with Gasteiger partial charge in [0.15, 0.2) is 5.16 Å². The maximum absolute atomic E-state index is 5.97. The largest absolute Gasteiger partial charge is 0.327 e. The number of aromatic nitrogens is 2. The number of nitrogens with two attached hydrogens (primary N) is 1. The van der Waals surface area contributed by atoms with Crippen molar-refractivity contribution in [2.45, 2.75) is 36.6 Å². The van der Waals surface area contributed by atoms with Crippen LogP contribution in [-0.2, 0) is 6.54 Å². The van der Waals surface area contributed by atoms with Crippen LogP contribution in [-0.4, -0.2) is 39.8 Å². The number of nitrogens with zero attached hydrogens (tertiary/aromatic N) is 3. The van der Waals surface area contributed by atoms with Crippen LogP contribution in [0.3, 0.4) is 0 Å². The standard InChI is InChI=1S/C11H18N4S/c1-14-6-8(12)2-3-10(14)9-7-15-4-5-16-11(15)13-9/h7-8,10H,2-6,12H2,1H3. The van der Waals surface area contributed by atoms with Crippen LogP contribution in [0.5, 0.6) is 0 Å². The molecule has 2 N–H and O–H groups in total. The second-order valence-electron chi connectivity index (χ2n) is 4.78. The summed E-state index contributed by atoms with van der Waals surface area (Å²) >= 11 is 1.86. The van der Waals surface area contributed by atoms with E-state index >= 15 is 0 Å². The summed E-state index contributed by atoms with van der Waals surface area (Å²) in [5.41, 5.74) is 7.20. The second kappa shape index (κ2) is 4.05. The van der Waals surface area contributed by atoms with Crippen molar-refractivity contribution < 1.29 is 0 Å². The van der Waals surface area contributed by atoms with E-state index in [1.807, 2.05) is 11.8 Å². The van der Waals surface area contributed by atoms with Gasteiger partial charge in [-0.05, 0) is 19.9 Å². The number of hydrogen-bond acceptors (Lipinski definition) is 4. The molecule has 3 heterocycles. The summed E-state index contributed by atoms with van der Waals surface area (Å²) in [6.45, 7) is 2.10. The van der Waals surface area contributed by atoms with Gasteiger partial charge in [-0.15, -0.1) is 0 Å². The number of piperidine rings is 1. The molecule has 2 aliphatic heterocycles. The molecule has 2 unspecified atom stereocenters. The van der Waals surface area contributed by atoms with Crippen LogP contribution < -0.4 is 5.73 Å². The molecule has 16 heavy (non-hydrogen) atoms. The van der Waals surface area contributed by atoms with Crippen molar-refractivity contribution in [3.63, 3.8) is 0 Å². The van der Waals surface area contributed by atoms with E-state index < -0.39 is 0 Å². The van der Waals surface area contributed by atoms with Crippen LogP contribution in [0.2, 0.25) is 0 Å². The zero-order chi connectivity index (χ0) is 11.1. The van der Waals surface area contributed by atoms with E-state index in [4.69, 9.17) is 10.7 Å². The zero-order valence-corrected chi connectivity index (χ0v) is 10.4. The van der Waals surface area contributed by atoms with E-state index in [0.29, 0.717) is 12.1 Å². The molecule has 0 bridgehead atoms. The highest BCUT2D eigenvalue weighted by Gasteiger charge is 2.28. The lowest BCUT2D eigenvalue weighted by atomic mass is 9.97. The maximum atomic E-state index is 5.97. The molecule has 0 radical (unpaired) electrons. The lowest BCUT2D eigenvalue weighted by molar-refractivity contribution is 0.166. The van der Waals surface area contributed by atoms with Crippen LogP contribution >= 0.6 is 11.8 Å². The number of thioether (sulfide) groups is 1. The Morgan fingerprint density at radius 2 is 2.38 bits per heavy atom. The topological polar surface area (TPSA) is 47.1 Å². The number of rotatable bonds is 1. The molecule has 0 aliphatic carbocycles. The van der Waals surface area contributed by atoms with Crippen molar-refractivity contribution in [1.82, 2.24) is 14.5 Å². The molecule has 3 rings (SSSR count). The van der Waals surface area contributed by atoms with Gasteiger partial charge in [0.2, 0.25) is 0 Å². The third-order valence-electron chi connectivity index (χ3n) is 3.53. The quantitative estimate of drug-likeness (QED) is 0.795. The van der Waals surface area contributed by atoms with Crippen LogP contribution in [0.15, 0.2) is 11.4 Å². The van der Waals surface area contributed by atoms with Gasteiger partial charge in [0.05, 0.1) is 11.7 Å². The van der Waals surface area contributed by atoms with E-state index in [1.54, 1.807) is 0 Å². The van der Waals surface area contributed by atoms with Crippen LogP contribution in [0, 0.1) is 0 Å². The fourth-order valence-corrected chi connectivity index (χ4v) is 3.59. The first kappa shape index (κ1) is 10.6. The van der Waals surface area contributed by atoms with Crippen molar-refractivity contribution in [2.75, 3.05) is 19.3 Å². The molecule has 4 nitrogen and oxygen atoms in total. The van der Waals surface area contributed by atoms with Crippen LogP contribution in [0.4, 0.5) is 0 Å². The Labute approximate surface area is 100 Å². The summed E-state index contributed by atoms with van der Waals surface area (Å²) in [5, 5.41) is 1.19. The highest BCUT2D eigenvalue weighted by atomic mass is 32.2. The van der Waals surface area contributed by atoms with Gasteiger partial charge in [0.25, 0.3) is 0 Å². The molecule has 1 saturated heterocycles. The monoisotopic (exact) mass is 238 g/mol. The highest BCUT2D eigenvalue weighted by Crippen LogP contribution is 2.32. The predicted molar refractivity (Wildman–Crippen MR) is 65.5 cm³/mol. The second-order valence-corrected chi connectivity index (χ2v) is 5.85. The number of likely N-dealkylation sites (tertiary alicyclic amines) is 1. The first-order chi connectivity index (χ1) is 7.74. The molecule has 2 atom stereocenters. The molecule has 5 heteroatoms. The summed E-state index contributed by atoms with van der Waals surface area (Å²) in [7, 11) is 2.15. The Balaban J connectivity index is 1.81. The minimum atomic E-state index is 0.338. The molecule has 0 spiro atoms. The molecule has 1 aromatic rings. The van der Waals surface area contributed by atoms with Crippen molar-refractivity contribution in [3.05, 3.63) is 11.9 Å². The lowest BCUT2D eigenvalue weighted by Crippen LogP contribution is -2.42. The maximum Gasteiger partial charge on any atom is 0.168 e. The van der Waals surface area contributed by atoms with Gasteiger partial charge < -0.3 is 10.3 Å². The average molecular weight is 238 g/mol. The number of fused-ring (bicyclic) bond motifs is 1. The van der Waals surface area contributed by atoms with E-state index in [-0.39, 0.29) is 0 Å². The van der Waals surface area contributed by atoms with Gasteiger partial charge in [-0.25, -0.2) is 4.98 Å². The van der Waals surface area contributed by atoms with Crippen molar-refractivity contribution in [3.8, 4) is 0 Å². The summed E-state index contributed by atoms with van der Waals surface area (Å²) in [5.74, 6) is 1.17. The Kier molecular flexibility index (Phi) is 2.69. The van der Waals surface area contributed by atoms with Crippen LogP contribution in [0.1, 0.15) is 24.6 Å². The predicted octanol–water partition coefficient (Wildman–Crippen LogP) is 1.08. The molecule has 2 aliphatic rings. The van der Waals surface area contributed by atoms with E-state index in [1.165, 1.54) is 16.6 Å². The fourth-order valence-electron chi connectivity index (χ4n) is 2.64. The summed E-state index contributed by atoms with van der Waals surface area (Å²) in [4.78, 5) is 7.08. The van der Waals surface area contributed by atoms with Gasteiger partial charge in [-0.3, -0.25) is 4.90 Å². The van der Waals surface area contributed by atoms with Gasteiger partial charge in [-0.2, -0.15) is 0 Å². The number of aryl methyl sites for hydroxylation is 1. The van der Waals surface area contributed by atoms with Crippen molar-refractivity contribution >= 4 is 11.8 Å². The lowest BCUT2D eigenvalue weighted by Gasteiger charge is -2.34. The van der Waals surface area contributed by atoms with Gasteiger partial charge in [0.1, 0.15) is 0 Å². The Hall–Kier alpha value is -0.520. The molecular weight excluding hydrogens is 220 g/mol. The number of imidazole rings is 1. The van der Waals surface area contributed by atoms with Gasteiger partial charge in [0, 0.05) is 31.1 Å². The summed E-state index contributed by atoms with van der Waals surface area (Å²) < 4.78 is 2.28. The molecule has 88 valence electrons.